The van der Waals surface area contributed by atoms with E-state index in [2.05, 4.69) is 4.98 Å². The Labute approximate surface area is 155 Å². The van der Waals surface area contributed by atoms with Gasteiger partial charge in [-0.2, -0.15) is 0 Å². The van der Waals surface area contributed by atoms with Gasteiger partial charge in [-0.05, 0) is 42.3 Å². The third-order valence-corrected chi connectivity index (χ3v) is 5.06. The zero-order chi connectivity index (χ0) is 18.5. The first-order chi connectivity index (χ1) is 12.6. The average Bonchev–Trinajstić information content (AvgIpc) is 3.09. The van der Waals surface area contributed by atoms with E-state index in [-0.39, 0.29) is 6.42 Å². The highest BCUT2D eigenvalue weighted by Crippen LogP contribution is 2.33. The highest BCUT2D eigenvalue weighted by Gasteiger charge is 2.13. The molecule has 6 heteroatoms. The van der Waals surface area contributed by atoms with Gasteiger partial charge in [-0.1, -0.05) is 12.1 Å². The van der Waals surface area contributed by atoms with Gasteiger partial charge in [0.15, 0.2) is 0 Å². The molecule has 0 aliphatic heterocycles. The summed E-state index contributed by atoms with van der Waals surface area (Å²) in [6.07, 6.45) is 2.38. The number of methoxy groups -OCH3 is 2. The number of aromatic nitrogens is 1. The van der Waals surface area contributed by atoms with Crippen molar-refractivity contribution in [2.45, 2.75) is 12.8 Å². The number of thiazole rings is 1. The Morgan fingerprint density at radius 3 is 2.65 bits per heavy atom. The Kier molecular flexibility index (Phi) is 5.53. The predicted molar refractivity (Wildman–Crippen MR) is 104 cm³/mol. The Balaban J connectivity index is 2.05. The van der Waals surface area contributed by atoms with Crippen LogP contribution in [0.15, 0.2) is 42.5 Å². The summed E-state index contributed by atoms with van der Waals surface area (Å²) in [5, 5.41) is 9.92. The zero-order valence-corrected chi connectivity index (χ0v) is 15.4. The molecule has 134 valence electrons. The van der Waals surface area contributed by atoms with E-state index in [1.807, 2.05) is 42.5 Å². The fourth-order valence-corrected chi connectivity index (χ4v) is 3.63. The number of fused-ring (bicyclic) bond motifs is 1. The lowest BCUT2D eigenvalue weighted by Gasteiger charge is -2.09. The second-order valence-corrected chi connectivity index (χ2v) is 6.69. The molecule has 26 heavy (non-hydrogen) atoms. The van der Waals surface area contributed by atoms with Crippen LogP contribution < -0.4 is 9.47 Å². The average molecular weight is 369 g/mol. The van der Waals surface area contributed by atoms with Gasteiger partial charge < -0.3 is 14.6 Å². The number of carboxylic acids is 1. The van der Waals surface area contributed by atoms with E-state index in [0.717, 1.165) is 26.4 Å². The number of aliphatic carboxylic acids is 1. The molecule has 0 saturated heterocycles. The highest BCUT2D eigenvalue weighted by molar-refractivity contribution is 7.19. The molecule has 3 rings (SSSR count). The number of hydrogen-bond acceptors (Lipinski definition) is 5. The topological polar surface area (TPSA) is 68.7 Å². The molecule has 5 nitrogen and oxygen atoms in total. The molecule has 0 radical (unpaired) electrons. The number of para-hydroxylation sites is 1. The molecular formula is C20H19NO4S. The monoisotopic (exact) mass is 369 g/mol. The molecule has 3 aromatic rings. The first-order valence-corrected chi connectivity index (χ1v) is 8.92. The SMILES string of the molecule is COc1ccc(/C=C(/CCC(=O)O)c2nc3ccccc3s2)c(OC)c1. The first kappa shape index (κ1) is 17.9. The molecule has 0 atom stereocenters. The third-order valence-electron chi connectivity index (χ3n) is 3.95. The van der Waals surface area contributed by atoms with Crippen molar-refractivity contribution in [1.29, 1.82) is 0 Å². The number of nitrogens with zero attached hydrogens (tertiary/aromatic N) is 1. The van der Waals surface area contributed by atoms with Crippen LogP contribution in [0.25, 0.3) is 21.9 Å². The molecule has 0 aliphatic carbocycles. The zero-order valence-electron chi connectivity index (χ0n) is 14.6. The second kappa shape index (κ2) is 8.01. The van der Waals surface area contributed by atoms with Gasteiger partial charge in [0.1, 0.15) is 16.5 Å². The van der Waals surface area contributed by atoms with Gasteiger partial charge in [0, 0.05) is 18.1 Å². The molecule has 1 N–H and O–H groups in total. The molecule has 0 fully saturated rings. The maximum atomic E-state index is 11.1. The highest BCUT2D eigenvalue weighted by atomic mass is 32.1. The normalized spacial score (nSPS) is 11.5. The van der Waals surface area contributed by atoms with Crippen molar-refractivity contribution in [3.05, 3.63) is 53.0 Å². The van der Waals surface area contributed by atoms with E-state index in [0.29, 0.717) is 17.9 Å². The number of allylic oxidation sites excluding steroid dienone is 1. The van der Waals surface area contributed by atoms with Crippen molar-refractivity contribution in [2.75, 3.05) is 14.2 Å². The van der Waals surface area contributed by atoms with Crippen LogP contribution in [0.3, 0.4) is 0 Å². The third kappa shape index (κ3) is 4.03. The minimum absolute atomic E-state index is 0.0419. The summed E-state index contributed by atoms with van der Waals surface area (Å²) < 4.78 is 11.8. The van der Waals surface area contributed by atoms with Crippen molar-refractivity contribution in [3.63, 3.8) is 0 Å². The number of hydrogen-bond donors (Lipinski definition) is 1. The predicted octanol–water partition coefficient (Wildman–Crippen LogP) is 4.72. The Hall–Kier alpha value is -2.86. The molecule has 2 aromatic carbocycles. The van der Waals surface area contributed by atoms with Crippen molar-refractivity contribution in [1.82, 2.24) is 4.98 Å². The minimum atomic E-state index is -0.835. The van der Waals surface area contributed by atoms with E-state index in [1.165, 1.54) is 0 Å². The van der Waals surface area contributed by atoms with Gasteiger partial charge >= 0.3 is 5.97 Å². The fraction of sp³-hybridized carbons (Fsp3) is 0.200. The lowest BCUT2D eigenvalue weighted by atomic mass is 10.1. The largest absolute Gasteiger partial charge is 0.497 e. The van der Waals surface area contributed by atoms with Crippen molar-refractivity contribution in [2.24, 2.45) is 0 Å². The van der Waals surface area contributed by atoms with E-state index < -0.39 is 5.97 Å². The number of carbonyl (C=O) groups is 1. The van der Waals surface area contributed by atoms with Crippen LogP contribution in [-0.4, -0.2) is 30.3 Å². The molecule has 0 aliphatic rings. The number of ether oxygens (including phenoxy) is 2. The summed E-state index contributed by atoms with van der Waals surface area (Å²) in [4.78, 5) is 15.7. The lowest BCUT2D eigenvalue weighted by molar-refractivity contribution is -0.136. The minimum Gasteiger partial charge on any atom is -0.497 e. The summed E-state index contributed by atoms with van der Waals surface area (Å²) in [6, 6.07) is 13.4. The Morgan fingerprint density at radius 2 is 1.96 bits per heavy atom. The summed E-state index contributed by atoms with van der Waals surface area (Å²) in [5.74, 6) is 0.531. The van der Waals surface area contributed by atoms with Gasteiger partial charge in [0.25, 0.3) is 0 Å². The van der Waals surface area contributed by atoms with Crippen LogP contribution in [-0.2, 0) is 4.79 Å². The molecule has 0 spiro atoms. The maximum absolute atomic E-state index is 11.1. The Bertz CT molecular complexity index is 928. The van der Waals surface area contributed by atoms with Gasteiger partial charge in [0.2, 0.25) is 0 Å². The van der Waals surface area contributed by atoms with Gasteiger partial charge in [-0.15, -0.1) is 11.3 Å². The number of rotatable bonds is 7. The number of benzene rings is 2. The van der Waals surface area contributed by atoms with E-state index in [1.54, 1.807) is 31.6 Å². The van der Waals surface area contributed by atoms with E-state index >= 15 is 0 Å². The summed E-state index contributed by atoms with van der Waals surface area (Å²) in [6.45, 7) is 0. The van der Waals surface area contributed by atoms with E-state index in [4.69, 9.17) is 14.6 Å². The molecule has 1 heterocycles. The number of carboxylic acid groups (broad SMARTS) is 1. The van der Waals surface area contributed by atoms with Crippen LogP contribution in [0, 0.1) is 0 Å². The van der Waals surface area contributed by atoms with Gasteiger partial charge in [-0.3, -0.25) is 4.79 Å². The van der Waals surface area contributed by atoms with Crippen LogP contribution in [0.5, 0.6) is 11.5 Å². The quantitative estimate of drug-likeness (QED) is 0.653. The smallest absolute Gasteiger partial charge is 0.303 e. The maximum Gasteiger partial charge on any atom is 0.303 e. The summed E-state index contributed by atoms with van der Waals surface area (Å²) >= 11 is 1.56. The molecule has 0 bridgehead atoms. The van der Waals surface area contributed by atoms with Crippen LogP contribution in [0.2, 0.25) is 0 Å². The summed E-state index contributed by atoms with van der Waals surface area (Å²) in [5.41, 5.74) is 2.64. The van der Waals surface area contributed by atoms with Crippen LogP contribution in [0.1, 0.15) is 23.4 Å². The second-order valence-electron chi connectivity index (χ2n) is 5.66. The van der Waals surface area contributed by atoms with Crippen molar-refractivity contribution >= 4 is 39.2 Å². The first-order valence-electron chi connectivity index (χ1n) is 8.11. The lowest BCUT2D eigenvalue weighted by Crippen LogP contribution is -1.96. The molecule has 0 saturated carbocycles. The van der Waals surface area contributed by atoms with Crippen molar-refractivity contribution < 1.29 is 19.4 Å². The molecular weight excluding hydrogens is 350 g/mol. The molecule has 1 aromatic heterocycles. The molecule has 0 unspecified atom stereocenters. The van der Waals surface area contributed by atoms with Gasteiger partial charge in [-0.25, -0.2) is 4.98 Å². The van der Waals surface area contributed by atoms with Crippen LogP contribution in [0.4, 0.5) is 0 Å². The fourth-order valence-electron chi connectivity index (χ4n) is 2.62. The molecule has 0 amide bonds. The van der Waals surface area contributed by atoms with E-state index in [9.17, 15) is 4.79 Å². The standard InChI is InChI=1S/C20H19NO4S/c1-24-15-9-7-13(17(12-15)25-2)11-14(8-10-19(22)23)20-21-16-5-3-4-6-18(16)26-20/h3-7,9,11-12H,8,10H2,1-2H3,(H,22,23)/b14-11-. The van der Waals surface area contributed by atoms with Crippen LogP contribution >= 0.6 is 11.3 Å². The van der Waals surface area contributed by atoms with Gasteiger partial charge in [0.05, 0.1) is 24.4 Å². The Morgan fingerprint density at radius 1 is 1.15 bits per heavy atom. The van der Waals surface area contributed by atoms with Crippen molar-refractivity contribution in [3.8, 4) is 11.5 Å². The summed E-state index contributed by atoms with van der Waals surface area (Å²) in [7, 11) is 3.20.